The summed E-state index contributed by atoms with van der Waals surface area (Å²) in [5.41, 5.74) is 0.175. The van der Waals surface area contributed by atoms with Gasteiger partial charge in [-0.15, -0.1) is 0 Å². The van der Waals surface area contributed by atoms with Gasteiger partial charge in [-0.05, 0) is 51.7 Å². The molecule has 0 aromatic carbocycles. The van der Waals surface area contributed by atoms with Crippen LogP contribution in [-0.2, 0) is 30.4 Å². The summed E-state index contributed by atoms with van der Waals surface area (Å²) in [4.78, 5) is 63.6. The fourth-order valence-electron chi connectivity index (χ4n) is 6.15. The highest BCUT2D eigenvalue weighted by molar-refractivity contribution is 6.07. The molecule has 1 saturated heterocycles. The number of imidazole rings is 1. The van der Waals surface area contributed by atoms with E-state index in [0.29, 0.717) is 32.4 Å². The number of unbranched alkanes of at least 4 members (excludes halogenated alkanes) is 1. The number of rotatable bonds is 7. The lowest BCUT2D eigenvalue weighted by Crippen LogP contribution is -2.57. The van der Waals surface area contributed by atoms with Crippen LogP contribution < -0.4 is 0 Å². The molecule has 40 heavy (non-hydrogen) atoms. The predicted molar refractivity (Wildman–Crippen MR) is 147 cm³/mol. The molecule has 1 amide bonds. The van der Waals surface area contributed by atoms with Crippen molar-refractivity contribution in [1.29, 1.82) is 0 Å². The number of carbonyl (C=O) groups excluding carboxylic acids is 4. The third-order valence-corrected chi connectivity index (χ3v) is 8.53. The number of aryl methyl sites for hydroxylation is 1. The minimum Gasteiger partial charge on any atom is -0.433 e. The number of methoxy groups -OCH3 is 1. The van der Waals surface area contributed by atoms with Gasteiger partial charge in [-0.3, -0.25) is 24.3 Å². The van der Waals surface area contributed by atoms with E-state index in [1.165, 1.54) is 4.90 Å². The Hall–Kier alpha value is -3.40. The van der Waals surface area contributed by atoms with E-state index in [1.807, 2.05) is 29.8 Å². The van der Waals surface area contributed by atoms with Crippen LogP contribution in [-0.4, -0.2) is 74.3 Å². The number of Topliss-reactive ketones (excluding diaryl/α,β-unsaturated/α-hetero) is 3. The highest BCUT2D eigenvalue weighted by Crippen LogP contribution is 2.39. The third-order valence-electron chi connectivity index (χ3n) is 8.53. The van der Waals surface area contributed by atoms with Gasteiger partial charge in [0.25, 0.3) is 0 Å². The standard InChI is InChI=1S/C30H40N4O6/c1-19-15-23(39-5)10-11-25(35)20(2)28(37)30(4)27(21(3)26(19)36)34(29(38)40-30)14-7-6-13-33-17-24(32-18-33)22-9-8-12-31-16-22/h8-9,12,16-21,23,27H,6-7,10-11,13-15H2,1-5H3/t19-,20?,21?,23?,27-,30+/m1/s1. The summed E-state index contributed by atoms with van der Waals surface area (Å²) >= 11 is 0. The van der Waals surface area contributed by atoms with E-state index in [-0.39, 0.29) is 30.0 Å². The Kier molecular flexibility index (Phi) is 9.18. The van der Waals surface area contributed by atoms with Crippen molar-refractivity contribution in [1.82, 2.24) is 19.4 Å². The fraction of sp³-hybridized carbons (Fsp3) is 0.600. The lowest BCUT2D eigenvalue weighted by atomic mass is 9.74. The van der Waals surface area contributed by atoms with Crippen molar-refractivity contribution in [2.45, 2.75) is 84.1 Å². The van der Waals surface area contributed by atoms with E-state index in [0.717, 1.165) is 17.7 Å². The Morgan fingerprint density at radius 3 is 2.58 bits per heavy atom. The Morgan fingerprint density at radius 2 is 1.88 bits per heavy atom. The zero-order valence-electron chi connectivity index (χ0n) is 24.0. The summed E-state index contributed by atoms with van der Waals surface area (Å²) in [5.74, 6) is -2.69. The molecule has 1 aliphatic carbocycles. The summed E-state index contributed by atoms with van der Waals surface area (Å²) < 4.78 is 13.3. The number of ether oxygens (including phenoxy) is 2. The molecule has 2 aromatic rings. The normalized spacial score (nSPS) is 30.0. The maximum atomic E-state index is 13.7. The smallest absolute Gasteiger partial charge is 0.411 e. The second kappa shape index (κ2) is 12.4. The molecule has 10 nitrogen and oxygen atoms in total. The number of ketones is 3. The first-order valence-corrected chi connectivity index (χ1v) is 14.1. The van der Waals surface area contributed by atoms with Crippen molar-refractivity contribution in [2.75, 3.05) is 13.7 Å². The maximum absolute atomic E-state index is 13.7. The molecule has 10 heteroatoms. The number of hydrogen-bond acceptors (Lipinski definition) is 8. The van der Waals surface area contributed by atoms with Crippen LogP contribution in [0.5, 0.6) is 0 Å². The first kappa shape index (κ1) is 29.6. The Morgan fingerprint density at radius 1 is 1.12 bits per heavy atom. The zero-order chi connectivity index (χ0) is 29.0. The molecule has 1 saturated carbocycles. The molecule has 4 rings (SSSR count). The maximum Gasteiger partial charge on any atom is 0.411 e. The minimum absolute atomic E-state index is 0.0460. The summed E-state index contributed by atoms with van der Waals surface area (Å²) in [6.45, 7) is 7.74. The van der Waals surface area contributed by atoms with Crippen LogP contribution in [0, 0.1) is 17.8 Å². The number of carbonyl (C=O) groups is 4. The molecule has 216 valence electrons. The Balaban J connectivity index is 1.50. The van der Waals surface area contributed by atoms with E-state index >= 15 is 0 Å². The molecule has 0 spiro atoms. The van der Waals surface area contributed by atoms with E-state index in [1.54, 1.807) is 46.6 Å². The lowest BCUT2D eigenvalue weighted by molar-refractivity contribution is -0.146. The molecule has 0 N–H and O–H groups in total. The van der Waals surface area contributed by atoms with Crippen molar-refractivity contribution in [3.8, 4) is 11.3 Å². The first-order chi connectivity index (χ1) is 19.1. The molecule has 0 radical (unpaired) electrons. The third kappa shape index (κ3) is 6.01. The number of fused-ring (bicyclic) bond motifs is 1. The summed E-state index contributed by atoms with van der Waals surface area (Å²) in [7, 11) is 1.57. The second-order valence-corrected chi connectivity index (χ2v) is 11.3. The van der Waals surface area contributed by atoms with Gasteiger partial charge in [-0.25, -0.2) is 9.78 Å². The first-order valence-electron chi connectivity index (χ1n) is 14.1. The summed E-state index contributed by atoms with van der Waals surface area (Å²) in [5, 5.41) is 0. The molecular weight excluding hydrogens is 512 g/mol. The molecule has 2 aliphatic rings. The van der Waals surface area contributed by atoms with Crippen LogP contribution >= 0.6 is 0 Å². The van der Waals surface area contributed by atoms with Crippen LogP contribution in [0.15, 0.2) is 37.1 Å². The van der Waals surface area contributed by atoms with Crippen LogP contribution in [0.1, 0.15) is 59.8 Å². The van der Waals surface area contributed by atoms with Gasteiger partial charge >= 0.3 is 6.09 Å². The van der Waals surface area contributed by atoms with Gasteiger partial charge in [0, 0.05) is 62.6 Å². The van der Waals surface area contributed by atoms with Crippen LogP contribution in [0.2, 0.25) is 0 Å². The molecule has 3 heterocycles. The van der Waals surface area contributed by atoms with Gasteiger partial charge in [0.1, 0.15) is 11.6 Å². The van der Waals surface area contributed by atoms with Crippen LogP contribution in [0.25, 0.3) is 11.3 Å². The average molecular weight is 553 g/mol. The van der Waals surface area contributed by atoms with E-state index in [9.17, 15) is 19.2 Å². The average Bonchev–Trinajstić information content (AvgIpc) is 3.53. The van der Waals surface area contributed by atoms with Gasteiger partial charge in [-0.1, -0.05) is 13.8 Å². The largest absolute Gasteiger partial charge is 0.433 e. The van der Waals surface area contributed by atoms with E-state index < -0.39 is 35.4 Å². The van der Waals surface area contributed by atoms with Crippen LogP contribution in [0.4, 0.5) is 4.79 Å². The molecular formula is C30H40N4O6. The minimum atomic E-state index is -1.59. The van der Waals surface area contributed by atoms with Gasteiger partial charge in [0.05, 0.1) is 30.1 Å². The van der Waals surface area contributed by atoms with Gasteiger partial charge in [0.15, 0.2) is 11.4 Å². The molecule has 1 aliphatic heterocycles. The number of hydrogen-bond donors (Lipinski definition) is 0. The number of pyridine rings is 1. The SMILES string of the molecule is COC1CCC(=O)C(C)C(=O)[C@@]2(C)OC(=O)N(CCCCn3cnc(-c4cccnc4)c3)[C@@H]2C(C)C(=O)[C@H](C)C1. The van der Waals surface area contributed by atoms with Crippen molar-refractivity contribution < 1.29 is 28.7 Å². The van der Waals surface area contributed by atoms with Crippen LogP contribution in [0.3, 0.4) is 0 Å². The highest BCUT2D eigenvalue weighted by Gasteiger charge is 2.60. The van der Waals surface area contributed by atoms with Gasteiger partial charge in [-0.2, -0.15) is 0 Å². The topological polar surface area (TPSA) is 121 Å². The van der Waals surface area contributed by atoms with Gasteiger partial charge < -0.3 is 14.0 Å². The molecule has 0 bridgehead atoms. The molecule has 2 fully saturated rings. The fourth-order valence-corrected chi connectivity index (χ4v) is 6.15. The van der Waals surface area contributed by atoms with Crippen molar-refractivity contribution in [3.63, 3.8) is 0 Å². The van der Waals surface area contributed by atoms with E-state index in [4.69, 9.17) is 9.47 Å². The summed E-state index contributed by atoms with van der Waals surface area (Å²) in [6, 6.07) is 3.01. The number of amides is 1. The Bertz CT molecular complexity index is 1230. The monoisotopic (exact) mass is 552 g/mol. The summed E-state index contributed by atoms with van der Waals surface area (Å²) in [6.07, 6.45) is 8.76. The lowest BCUT2D eigenvalue weighted by Gasteiger charge is -2.37. The van der Waals surface area contributed by atoms with Gasteiger partial charge in [0.2, 0.25) is 0 Å². The van der Waals surface area contributed by atoms with E-state index in [2.05, 4.69) is 9.97 Å². The molecule has 2 aromatic heterocycles. The van der Waals surface area contributed by atoms with Crippen molar-refractivity contribution in [3.05, 3.63) is 37.1 Å². The quantitative estimate of drug-likeness (QED) is 0.372. The number of aromatic nitrogens is 3. The predicted octanol–water partition coefficient (Wildman–Crippen LogP) is 4.12. The van der Waals surface area contributed by atoms with Crippen molar-refractivity contribution >= 4 is 23.4 Å². The zero-order valence-corrected chi connectivity index (χ0v) is 24.0. The number of nitrogens with zero attached hydrogens (tertiary/aromatic N) is 4. The molecule has 6 atom stereocenters. The second-order valence-electron chi connectivity index (χ2n) is 11.3. The highest BCUT2D eigenvalue weighted by atomic mass is 16.6. The van der Waals surface area contributed by atoms with Crippen molar-refractivity contribution in [2.24, 2.45) is 17.8 Å². The molecule has 3 unspecified atom stereocenters. The Labute approximate surface area is 235 Å².